The molecule has 0 saturated heterocycles. The van der Waals surface area contributed by atoms with Gasteiger partial charge in [-0.25, -0.2) is 0 Å². The normalized spacial score (nSPS) is 16.2. The Hall–Kier alpha value is -0.890. The van der Waals surface area contributed by atoms with Crippen LogP contribution in [0.15, 0.2) is 12.1 Å². The molecular formula is C11H16N2. The van der Waals surface area contributed by atoms with Gasteiger partial charge in [0.15, 0.2) is 0 Å². The third kappa shape index (κ3) is 1.89. The van der Waals surface area contributed by atoms with Crippen molar-refractivity contribution in [1.82, 2.24) is 10.3 Å². The van der Waals surface area contributed by atoms with Crippen molar-refractivity contribution in [3.8, 4) is 0 Å². The summed E-state index contributed by atoms with van der Waals surface area (Å²) in [5.74, 6) is 0.753. The Bertz CT molecular complexity index is 303. The van der Waals surface area contributed by atoms with Gasteiger partial charge >= 0.3 is 0 Å². The first-order valence-electron chi connectivity index (χ1n) is 4.92. The predicted octanol–water partition coefficient (Wildman–Crippen LogP) is 1.99. The first-order valence-corrected chi connectivity index (χ1v) is 4.92. The van der Waals surface area contributed by atoms with Crippen LogP contribution in [0.2, 0.25) is 0 Å². The van der Waals surface area contributed by atoms with Crippen LogP contribution < -0.4 is 5.32 Å². The van der Waals surface area contributed by atoms with Crippen molar-refractivity contribution in [3.63, 3.8) is 0 Å². The van der Waals surface area contributed by atoms with E-state index in [2.05, 4.69) is 29.4 Å². The molecule has 1 N–H and O–H groups in total. The van der Waals surface area contributed by atoms with Gasteiger partial charge in [0.05, 0.1) is 0 Å². The van der Waals surface area contributed by atoms with E-state index in [1.165, 1.54) is 24.1 Å². The van der Waals surface area contributed by atoms with Crippen LogP contribution in [-0.2, 0) is 6.54 Å². The van der Waals surface area contributed by atoms with Crippen LogP contribution in [0, 0.1) is 6.92 Å². The van der Waals surface area contributed by atoms with Gasteiger partial charge in [0.1, 0.15) is 0 Å². The fraction of sp³-hybridized carbons (Fsp3) is 0.545. The van der Waals surface area contributed by atoms with Crippen molar-refractivity contribution < 1.29 is 0 Å². The minimum atomic E-state index is 0.753. The Morgan fingerprint density at radius 1 is 1.46 bits per heavy atom. The van der Waals surface area contributed by atoms with Gasteiger partial charge in [-0.15, -0.1) is 0 Å². The fourth-order valence-electron chi connectivity index (χ4n) is 1.66. The van der Waals surface area contributed by atoms with Crippen molar-refractivity contribution in [2.75, 3.05) is 7.05 Å². The van der Waals surface area contributed by atoms with Crippen LogP contribution in [0.3, 0.4) is 0 Å². The molecule has 1 aromatic heterocycles. The maximum atomic E-state index is 4.61. The molecule has 2 heteroatoms. The average molecular weight is 176 g/mol. The van der Waals surface area contributed by atoms with E-state index in [4.69, 9.17) is 0 Å². The van der Waals surface area contributed by atoms with Gasteiger partial charge in [-0.3, -0.25) is 4.98 Å². The minimum absolute atomic E-state index is 0.753. The van der Waals surface area contributed by atoms with Crippen molar-refractivity contribution in [2.45, 2.75) is 32.2 Å². The summed E-state index contributed by atoms with van der Waals surface area (Å²) in [6.07, 6.45) is 2.65. The third-order valence-electron chi connectivity index (χ3n) is 2.48. The molecule has 13 heavy (non-hydrogen) atoms. The lowest BCUT2D eigenvalue weighted by Gasteiger charge is -2.07. The predicted molar refractivity (Wildman–Crippen MR) is 53.7 cm³/mol. The average Bonchev–Trinajstić information content (AvgIpc) is 2.91. The van der Waals surface area contributed by atoms with Crippen molar-refractivity contribution >= 4 is 0 Å². The van der Waals surface area contributed by atoms with Crippen LogP contribution in [0.5, 0.6) is 0 Å². The molecule has 1 fully saturated rings. The zero-order valence-electron chi connectivity index (χ0n) is 8.30. The van der Waals surface area contributed by atoms with Crippen LogP contribution in [0.1, 0.15) is 35.7 Å². The number of hydrogen-bond donors (Lipinski definition) is 1. The van der Waals surface area contributed by atoms with Crippen molar-refractivity contribution in [2.24, 2.45) is 0 Å². The zero-order valence-corrected chi connectivity index (χ0v) is 8.30. The zero-order chi connectivity index (χ0) is 9.26. The summed E-state index contributed by atoms with van der Waals surface area (Å²) in [7, 11) is 1.98. The molecule has 0 radical (unpaired) electrons. The van der Waals surface area contributed by atoms with E-state index < -0.39 is 0 Å². The highest BCUT2D eigenvalue weighted by molar-refractivity contribution is 5.28. The highest BCUT2D eigenvalue weighted by Gasteiger charge is 2.27. The quantitative estimate of drug-likeness (QED) is 0.761. The van der Waals surface area contributed by atoms with E-state index >= 15 is 0 Å². The lowest BCUT2D eigenvalue weighted by molar-refractivity contribution is 0.789. The van der Waals surface area contributed by atoms with Gasteiger partial charge in [0.2, 0.25) is 0 Å². The Balaban J connectivity index is 2.30. The molecule has 1 aliphatic carbocycles. The first kappa shape index (κ1) is 8.70. The van der Waals surface area contributed by atoms with E-state index in [1.54, 1.807) is 0 Å². The molecular weight excluding hydrogens is 160 g/mol. The standard InChI is InChI=1S/C11H16N2/c1-8-3-4-10(7-12-2)11(13-8)9-5-6-9/h3-4,9,12H,5-7H2,1-2H3. The summed E-state index contributed by atoms with van der Waals surface area (Å²) in [5, 5.41) is 3.19. The number of pyridine rings is 1. The van der Waals surface area contributed by atoms with E-state index in [-0.39, 0.29) is 0 Å². The molecule has 1 saturated carbocycles. The molecule has 70 valence electrons. The molecule has 0 spiro atoms. The number of nitrogens with one attached hydrogen (secondary N) is 1. The summed E-state index contributed by atoms with van der Waals surface area (Å²) in [6, 6.07) is 4.30. The summed E-state index contributed by atoms with van der Waals surface area (Å²) >= 11 is 0. The van der Waals surface area contributed by atoms with Crippen molar-refractivity contribution in [1.29, 1.82) is 0 Å². The smallest absolute Gasteiger partial charge is 0.0482 e. The number of aryl methyl sites for hydroxylation is 1. The molecule has 0 aromatic carbocycles. The van der Waals surface area contributed by atoms with Crippen molar-refractivity contribution in [3.05, 3.63) is 29.1 Å². The van der Waals surface area contributed by atoms with Gasteiger partial charge < -0.3 is 5.32 Å². The Labute approximate surface area is 79.4 Å². The van der Waals surface area contributed by atoms with Crippen LogP contribution in [-0.4, -0.2) is 12.0 Å². The maximum Gasteiger partial charge on any atom is 0.0482 e. The van der Waals surface area contributed by atoms with E-state index in [1.807, 2.05) is 7.05 Å². The van der Waals surface area contributed by atoms with E-state index in [0.29, 0.717) is 0 Å². The minimum Gasteiger partial charge on any atom is -0.316 e. The lowest BCUT2D eigenvalue weighted by Crippen LogP contribution is -2.09. The maximum absolute atomic E-state index is 4.61. The largest absolute Gasteiger partial charge is 0.316 e. The van der Waals surface area contributed by atoms with Crippen LogP contribution in [0.25, 0.3) is 0 Å². The summed E-state index contributed by atoms with van der Waals surface area (Å²) < 4.78 is 0. The molecule has 0 amide bonds. The summed E-state index contributed by atoms with van der Waals surface area (Å²) in [5.41, 5.74) is 3.84. The number of aromatic nitrogens is 1. The van der Waals surface area contributed by atoms with Gasteiger partial charge in [0, 0.05) is 23.9 Å². The Morgan fingerprint density at radius 3 is 2.85 bits per heavy atom. The topological polar surface area (TPSA) is 24.9 Å². The number of nitrogens with zero attached hydrogens (tertiary/aromatic N) is 1. The second-order valence-electron chi connectivity index (χ2n) is 3.80. The molecule has 1 heterocycles. The number of rotatable bonds is 3. The second kappa shape index (κ2) is 3.46. The lowest BCUT2D eigenvalue weighted by atomic mass is 10.1. The van der Waals surface area contributed by atoms with E-state index in [0.717, 1.165) is 18.2 Å². The highest BCUT2D eigenvalue weighted by atomic mass is 14.8. The van der Waals surface area contributed by atoms with Gasteiger partial charge in [-0.05, 0) is 38.4 Å². The van der Waals surface area contributed by atoms with Gasteiger partial charge in [-0.2, -0.15) is 0 Å². The molecule has 0 unspecified atom stereocenters. The Kier molecular flexibility index (Phi) is 2.32. The van der Waals surface area contributed by atoms with E-state index in [9.17, 15) is 0 Å². The molecule has 0 bridgehead atoms. The third-order valence-corrected chi connectivity index (χ3v) is 2.48. The van der Waals surface area contributed by atoms with Crippen LogP contribution >= 0.6 is 0 Å². The first-order chi connectivity index (χ1) is 6.31. The molecule has 1 aromatic rings. The fourth-order valence-corrected chi connectivity index (χ4v) is 1.66. The highest BCUT2D eigenvalue weighted by Crippen LogP contribution is 2.40. The SMILES string of the molecule is CNCc1ccc(C)nc1C1CC1. The molecule has 0 atom stereocenters. The second-order valence-corrected chi connectivity index (χ2v) is 3.80. The summed E-state index contributed by atoms with van der Waals surface area (Å²) in [4.78, 5) is 4.61. The van der Waals surface area contributed by atoms with Crippen LogP contribution in [0.4, 0.5) is 0 Å². The Morgan fingerprint density at radius 2 is 2.23 bits per heavy atom. The summed E-state index contributed by atoms with van der Waals surface area (Å²) in [6.45, 7) is 3.01. The molecule has 2 nitrogen and oxygen atoms in total. The number of hydrogen-bond acceptors (Lipinski definition) is 2. The van der Waals surface area contributed by atoms with Gasteiger partial charge in [-0.1, -0.05) is 6.07 Å². The monoisotopic (exact) mass is 176 g/mol. The molecule has 0 aliphatic heterocycles. The molecule has 1 aliphatic rings. The van der Waals surface area contributed by atoms with Gasteiger partial charge in [0.25, 0.3) is 0 Å². The molecule has 2 rings (SSSR count).